The number of anilines is 1. The molecule has 1 aliphatic rings. The second-order valence-corrected chi connectivity index (χ2v) is 7.26. The van der Waals surface area contributed by atoms with Crippen LogP contribution in [0.25, 0.3) is 16.6 Å². The Balaban J connectivity index is 0.00000181. The van der Waals surface area contributed by atoms with Crippen molar-refractivity contribution in [3.05, 3.63) is 69.8 Å². The number of aromatic nitrogens is 1. The van der Waals surface area contributed by atoms with Gasteiger partial charge in [-0.25, -0.2) is 18.0 Å². The summed E-state index contributed by atoms with van der Waals surface area (Å²) in [6.45, 7) is 3.63. The smallest absolute Gasteiger partial charge is 1.00 e. The fourth-order valence-corrected chi connectivity index (χ4v) is 3.76. The van der Waals surface area contributed by atoms with Gasteiger partial charge in [0.15, 0.2) is 0 Å². The molecule has 160 valence electrons. The van der Waals surface area contributed by atoms with Crippen molar-refractivity contribution in [2.24, 2.45) is 0 Å². The van der Waals surface area contributed by atoms with Gasteiger partial charge in [-0.15, -0.1) is 0 Å². The van der Waals surface area contributed by atoms with Crippen molar-refractivity contribution in [2.75, 3.05) is 24.5 Å². The number of carbonyl (C=O) groups is 1. The number of hydrogen-bond donors (Lipinski definition) is 2. The normalized spacial score (nSPS) is 16.3. The molecule has 0 radical (unpaired) electrons. The average Bonchev–Trinajstić information content (AvgIpc) is 2.68. The summed E-state index contributed by atoms with van der Waals surface area (Å²) in [4.78, 5) is 26.0. The number of fused-ring (bicyclic) bond motifs is 1. The van der Waals surface area contributed by atoms with Gasteiger partial charge < -0.3 is 22.7 Å². The van der Waals surface area contributed by atoms with Gasteiger partial charge in [-0.1, -0.05) is 0 Å². The number of benzene rings is 2. The van der Waals surface area contributed by atoms with E-state index in [1.165, 1.54) is 6.07 Å². The largest absolute Gasteiger partial charge is 2.00 e. The average molecular weight is 459 g/mol. The first-order valence-electron chi connectivity index (χ1n) is 9.32. The molecule has 1 aliphatic heterocycles. The molecule has 4 rings (SSSR count). The van der Waals surface area contributed by atoms with E-state index in [4.69, 9.17) is 0 Å². The molecule has 2 heterocycles. The summed E-state index contributed by atoms with van der Waals surface area (Å²) >= 11 is 0. The number of pyridine rings is 1. The minimum Gasteiger partial charge on any atom is -1.00 e. The topological polar surface area (TPSA) is 74.6 Å². The molecule has 1 atom stereocenters. The SMILES string of the molecule is C[C@@H]1CN(c2cc3c(cc2F)c(=O)c(C(=O)O)cn3-c2ccc(F)cc2F)CCN1.[Ca+2].[H-].[H-]. The number of nitrogens with zero attached hydrogens (tertiary/aromatic N) is 2. The number of rotatable bonds is 3. The minimum absolute atomic E-state index is 0. The molecule has 0 saturated carbocycles. The molecule has 31 heavy (non-hydrogen) atoms. The van der Waals surface area contributed by atoms with Crippen LogP contribution in [0.1, 0.15) is 20.1 Å². The molecular weight excluding hydrogens is 439 g/mol. The Morgan fingerprint density at radius 1 is 1.16 bits per heavy atom. The van der Waals surface area contributed by atoms with Crippen LogP contribution in [-0.2, 0) is 0 Å². The van der Waals surface area contributed by atoms with Crippen LogP contribution in [0.15, 0.2) is 41.3 Å². The van der Waals surface area contributed by atoms with Gasteiger partial charge in [0.2, 0.25) is 5.43 Å². The van der Waals surface area contributed by atoms with E-state index in [1.54, 1.807) is 4.90 Å². The molecule has 0 spiro atoms. The molecule has 1 aromatic heterocycles. The number of halogens is 3. The van der Waals surface area contributed by atoms with Crippen molar-refractivity contribution < 1.29 is 25.9 Å². The van der Waals surface area contributed by atoms with Gasteiger partial charge in [0.05, 0.1) is 16.9 Å². The molecule has 1 saturated heterocycles. The van der Waals surface area contributed by atoms with Crippen molar-refractivity contribution in [1.29, 1.82) is 0 Å². The molecule has 1 fully saturated rings. The van der Waals surface area contributed by atoms with Crippen molar-refractivity contribution in [3.8, 4) is 5.69 Å². The molecule has 3 aromatic rings. The zero-order chi connectivity index (χ0) is 21.6. The summed E-state index contributed by atoms with van der Waals surface area (Å²) in [6, 6.07) is 5.30. The minimum atomic E-state index is -1.53. The third-order valence-corrected chi connectivity index (χ3v) is 5.18. The maximum Gasteiger partial charge on any atom is 2.00 e. The van der Waals surface area contributed by atoms with Gasteiger partial charge in [-0.05, 0) is 31.2 Å². The second kappa shape index (κ2) is 9.20. The van der Waals surface area contributed by atoms with Crippen molar-refractivity contribution in [3.63, 3.8) is 0 Å². The zero-order valence-corrected chi connectivity index (χ0v) is 18.9. The first kappa shape index (κ1) is 23.6. The summed E-state index contributed by atoms with van der Waals surface area (Å²) in [5, 5.41) is 12.4. The van der Waals surface area contributed by atoms with Gasteiger partial charge in [0.1, 0.15) is 23.0 Å². The molecule has 6 nitrogen and oxygen atoms in total. The van der Waals surface area contributed by atoms with E-state index in [1.807, 2.05) is 6.92 Å². The van der Waals surface area contributed by atoms with Gasteiger partial charge in [0.25, 0.3) is 0 Å². The monoisotopic (exact) mass is 459 g/mol. The first-order valence-corrected chi connectivity index (χ1v) is 9.32. The van der Waals surface area contributed by atoms with E-state index in [0.717, 1.165) is 29.0 Å². The van der Waals surface area contributed by atoms with Gasteiger partial charge in [0, 0.05) is 43.3 Å². The number of hydrogen-bond acceptors (Lipinski definition) is 4. The predicted octanol–water partition coefficient (Wildman–Crippen LogP) is 2.75. The Morgan fingerprint density at radius 3 is 2.52 bits per heavy atom. The quantitative estimate of drug-likeness (QED) is 0.590. The van der Waals surface area contributed by atoms with Crippen LogP contribution in [0.5, 0.6) is 0 Å². The molecule has 0 unspecified atom stereocenters. The Morgan fingerprint density at radius 2 is 1.87 bits per heavy atom. The summed E-state index contributed by atoms with van der Waals surface area (Å²) < 4.78 is 44.0. The Labute approximate surface area is 208 Å². The van der Waals surface area contributed by atoms with E-state index in [9.17, 15) is 27.9 Å². The fourth-order valence-electron chi connectivity index (χ4n) is 3.76. The van der Waals surface area contributed by atoms with Crippen LogP contribution in [0.4, 0.5) is 18.9 Å². The molecular formula is C21H20CaF3N3O3. The Bertz CT molecular complexity index is 1240. The van der Waals surface area contributed by atoms with Crippen LogP contribution in [0.3, 0.4) is 0 Å². The number of carboxylic acids is 1. The first-order chi connectivity index (χ1) is 14.3. The maximum absolute atomic E-state index is 14.9. The van der Waals surface area contributed by atoms with Crippen molar-refractivity contribution >= 4 is 60.3 Å². The summed E-state index contributed by atoms with van der Waals surface area (Å²) in [6.07, 6.45) is 0.978. The van der Waals surface area contributed by atoms with E-state index in [0.29, 0.717) is 25.7 Å². The van der Waals surface area contributed by atoms with E-state index >= 15 is 0 Å². The van der Waals surface area contributed by atoms with Crippen molar-refractivity contribution in [1.82, 2.24) is 9.88 Å². The van der Waals surface area contributed by atoms with Crippen LogP contribution >= 0.6 is 0 Å². The Hall–Kier alpha value is -2.07. The maximum atomic E-state index is 14.9. The molecule has 2 aromatic carbocycles. The number of piperazine rings is 1. The Kier molecular flexibility index (Phi) is 7.00. The van der Waals surface area contributed by atoms with Gasteiger partial charge in [-0.2, -0.15) is 0 Å². The van der Waals surface area contributed by atoms with Crippen LogP contribution in [0, 0.1) is 17.5 Å². The van der Waals surface area contributed by atoms with Crippen LogP contribution < -0.4 is 15.6 Å². The molecule has 0 bridgehead atoms. The predicted molar refractivity (Wildman–Crippen MR) is 114 cm³/mol. The molecule has 0 aliphatic carbocycles. The third kappa shape index (κ3) is 4.45. The standard InChI is InChI=1S/C21H18F3N3O3.Ca.2H/c1-11-9-26(5-4-25-11)19-8-18-13(7-16(19)24)20(28)14(21(29)30)10-27(18)17-3-2-12(22)6-15(17)23;;;/h2-3,6-8,10-11,25H,4-5,9H2,1H3,(H,29,30);;;/q;+2;2*-1/t11-;;;/m1.../s1. The molecule has 0 amide bonds. The zero-order valence-electron chi connectivity index (χ0n) is 18.7. The summed E-state index contributed by atoms with van der Waals surface area (Å²) in [7, 11) is 0. The molecule has 10 heteroatoms. The van der Waals surface area contributed by atoms with E-state index in [-0.39, 0.29) is 68.9 Å². The molecule has 2 N–H and O–H groups in total. The van der Waals surface area contributed by atoms with Crippen LogP contribution in [0.2, 0.25) is 0 Å². The third-order valence-electron chi connectivity index (χ3n) is 5.18. The van der Waals surface area contributed by atoms with E-state index < -0.39 is 34.4 Å². The number of nitrogens with one attached hydrogen (secondary N) is 1. The second-order valence-electron chi connectivity index (χ2n) is 7.26. The summed E-state index contributed by atoms with van der Waals surface area (Å²) in [5.41, 5.74) is -1.34. The summed E-state index contributed by atoms with van der Waals surface area (Å²) in [5.74, 6) is -3.96. The van der Waals surface area contributed by atoms with Crippen LogP contribution in [-0.4, -0.2) is 79.1 Å². The van der Waals surface area contributed by atoms with E-state index in [2.05, 4.69) is 5.32 Å². The fraction of sp³-hybridized carbons (Fsp3) is 0.238. The van der Waals surface area contributed by atoms with Gasteiger partial charge in [-0.3, -0.25) is 4.79 Å². The van der Waals surface area contributed by atoms with Gasteiger partial charge >= 0.3 is 43.7 Å². The number of aromatic carboxylic acids is 1. The van der Waals surface area contributed by atoms with Crippen molar-refractivity contribution in [2.45, 2.75) is 13.0 Å². The number of carboxylic acid groups (broad SMARTS) is 1.